The van der Waals surface area contributed by atoms with E-state index in [2.05, 4.69) is 24.5 Å². The van der Waals surface area contributed by atoms with Gasteiger partial charge in [-0.2, -0.15) is 0 Å². The maximum Gasteiger partial charge on any atom is 0.320 e. The number of nitrogens with one attached hydrogen (secondary N) is 2. The predicted molar refractivity (Wildman–Crippen MR) is 72.6 cm³/mol. The highest BCUT2D eigenvalue weighted by Crippen LogP contribution is 2.10. The van der Waals surface area contributed by atoms with E-state index >= 15 is 0 Å². The van der Waals surface area contributed by atoms with Gasteiger partial charge in [-0.05, 0) is 24.9 Å². The molecule has 0 aromatic rings. The molecular formula is C13H26N4O. The van der Waals surface area contributed by atoms with E-state index in [0.29, 0.717) is 11.8 Å². The molecule has 2 fully saturated rings. The van der Waals surface area contributed by atoms with E-state index in [0.717, 1.165) is 52.4 Å². The van der Waals surface area contributed by atoms with Crippen molar-refractivity contribution in [3.8, 4) is 0 Å². The number of hydrogen-bond donors (Lipinski definition) is 2. The Balaban J connectivity index is 1.95. The van der Waals surface area contributed by atoms with E-state index in [1.165, 1.54) is 0 Å². The van der Waals surface area contributed by atoms with Crippen LogP contribution in [0.15, 0.2) is 0 Å². The van der Waals surface area contributed by atoms with Gasteiger partial charge in [-0.15, -0.1) is 0 Å². The number of rotatable bonds is 0. The molecular weight excluding hydrogens is 228 g/mol. The number of carbonyl (C=O) groups is 1. The van der Waals surface area contributed by atoms with Crippen LogP contribution in [-0.4, -0.2) is 68.2 Å². The van der Waals surface area contributed by atoms with Gasteiger partial charge in [-0.1, -0.05) is 13.8 Å². The number of carbonyl (C=O) groups excluding carboxylic acids is 1. The van der Waals surface area contributed by atoms with Crippen LogP contribution in [-0.2, 0) is 0 Å². The van der Waals surface area contributed by atoms with Crippen molar-refractivity contribution in [3.63, 3.8) is 0 Å². The summed E-state index contributed by atoms with van der Waals surface area (Å²) in [5, 5.41) is 6.76. The highest BCUT2D eigenvalue weighted by Gasteiger charge is 2.26. The van der Waals surface area contributed by atoms with Gasteiger partial charge in [-0.25, -0.2) is 4.79 Å². The van der Waals surface area contributed by atoms with Crippen LogP contribution in [0.2, 0.25) is 0 Å². The van der Waals surface area contributed by atoms with Crippen molar-refractivity contribution in [1.82, 2.24) is 20.4 Å². The topological polar surface area (TPSA) is 47.6 Å². The average molecular weight is 254 g/mol. The van der Waals surface area contributed by atoms with Gasteiger partial charge in [0, 0.05) is 39.3 Å². The largest absolute Gasteiger partial charge is 0.323 e. The lowest BCUT2D eigenvalue weighted by Crippen LogP contribution is -2.47. The van der Waals surface area contributed by atoms with Crippen LogP contribution in [0.25, 0.3) is 0 Å². The van der Waals surface area contributed by atoms with Crippen molar-refractivity contribution in [3.05, 3.63) is 0 Å². The lowest BCUT2D eigenvalue weighted by atomic mass is 10.1. The normalized spacial score (nSPS) is 30.8. The Kier molecular flexibility index (Phi) is 4.83. The second kappa shape index (κ2) is 6.38. The standard InChI is InChI=1S/C13H26N4O/c1-11-7-14-3-5-16(9-11)13(18)17-6-4-15-8-12(2)10-17/h11-12,14-15H,3-10H2,1-2H3. The van der Waals surface area contributed by atoms with Gasteiger partial charge in [-0.3, -0.25) is 0 Å². The van der Waals surface area contributed by atoms with Crippen LogP contribution in [0.1, 0.15) is 13.8 Å². The molecule has 2 rings (SSSR count). The quantitative estimate of drug-likeness (QED) is 0.649. The lowest BCUT2D eigenvalue weighted by molar-refractivity contribution is 0.149. The first kappa shape index (κ1) is 13.6. The second-order valence-electron chi connectivity index (χ2n) is 5.79. The molecule has 0 aromatic carbocycles. The van der Waals surface area contributed by atoms with Gasteiger partial charge >= 0.3 is 6.03 Å². The smallest absolute Gasteiger partial charge is 0.320 e. The Hall–Kier alpha value is -0.810. The Labute approximate surface area is 110 Å². The third-order valence-corrected chi connectivity index (χ3v) is 3.71. The van der Waals surface area contributed by atoms with Gasteiger partial charge < -0.3 is 20.4 Å². The summed E-state index contributed by atoms with van der Waals surface area (Å²) in [5.41, 5.74) is 0. The van der Waals surface area contributed by atoms with Crippen LogP contribution < -0.4 is 10.6 Å². The van der Waals surface area contributed by atoms with Crippen LogP contribution >= 0.6 is 0 Å². The summed E-state index contributed by atoms with van der Waals surface area (Å²) in [7, 11) is 0. The molecule has 104 valence electrons. The molecule has 18 heavy (non-hydrogen) atoms. The van der Waals surface area contributed by atoms with Crippen molar-refractivity contribution in [2.24, 2.45) is 11.8 Å². The van der Waals surface area contributed by atoms with E-state index in [1.807, 2.05) is 9.80 Å². The average Bonchev–Trinajstić information content (AvgIpc) is 2.68. The van der Waals surface area contributed by atoms with Crippen LogP contribution in [0.3, 0.4) is 0 Å². The minimum atomic E-state index is 0.223. The van der Waals surface area contributed by atoms with Gasteiger partial charge in [0.1, 0.15) is 0 Å². The number of urea groups is 1. The molecule has 2 amide bonds. The summed E-state index contributed by atoms with van der Waals surface area (Å²) in [5.74, 6) is 1.08. The summed E-state index contributed by atoms with van der Waals surface area (Å²) in [4.78, 5) is 16.6. The van der Waals surface area contributed by atoms with E-state index < -0.39 is 0 Å². The summed E-state index contributed by atoms with van der Waals surface area (Å²) in [6, 6.07) is 0.223. The Morgan fingerprint density at radius 2 is 1.39 bits per heavy atom. The molecule has 0 radical (unpaired) electrons. The third kappa shape index (κ3) is 3.59. The fourth-order valence-corrected chi connectivity index (χ4v) is 2.74. The van der Waals surface area contributed by atoms with Crippen molar-refractivity contribution in [2.45, 2.75) is 13.8 Å². The molecule has 0 aromatic heterocycles. The zero-order valence-corrected chi connectivity index (χ0v) is 11.6. The highest BCUT2D eigenvalue weighted by atomic mass is 16.2. The van der Waals surface area contributed by atoms with Crippen LogP contribution in [0.4, 0.5) is 4.79 Å². The van der Waals surface area contributed by atoms with Gasteiger partial charge in [0.25, 0.3) is 0 Å². The van der Waals surface area contributed by atoms with E-state index in [4.69, 9.17) is 0 Å². The number of hydrogen-bond acceptors (Lipinski definition) is 3. The molecule has 5 nitrogen and oxygen atoms in total. The van der Waals surface area contributed by atoms with Gasteiger partial charge in [0.05, 0.1) is 0 Å². The summed E-state index contributed by atoms with van der Waals surface area (Å²) < 4.78 is 0. The first-order valence-corrected chi connectivity index (χ1v) is 7.12. The molecule has 0 aliphatic carbocycles. The fourth-order valence-electron chi connectivity index (χ4n) is 2.74. The van der Waals surface area contributed by atoms with Crippen molar-refractivity contribution < 1.29 is 4.79 Å². The molecule has 2 saturated heterocycles. The highest BCUT2D eigenvalue weighted by molar-refractivity contribution is 5.74. The zero-order valence-electron chi connectivity index (χ0n) is 11.6. The maximum atomic E-state index is 12.5. The van der Waals surface area contributed by atoms with Gasteiger partial charge in [0.2, 0.25) is 0 Å². The second-order valence-corrected chi connectivity index (χ2v) is 5.79. The molecule has 0 spiro atoms. The molecule has 2 heterocycles. The van der Waals surface area contributed by atoms with Gasteiger partial charge in [0.15, 0.2) is 0 Å². The van der Waals surface area contributed by atoms with Crippen molar-refractivity contribution in [2.75, 3.05) is 52.4 Å². The molecule has 2 atom stereocenters. The van der Waals surface area contributed by atoms with E-state index in [1.54, 1.807) is 0 Å². The summed E-state index contributed by atoms with van der Waals surface area (Å²) in [6.45, 7) is 11.7. The Bertz CT molecular complexity index is 258. The van der Waals surface area contributed by atoms with E-state index in [-0.39, 0.29) is 6.03 Å². The molecule has 2 aliphatic heterocycles. The summed E-state index contributed by atoms with van der Waals surface area (Å²) in [6.07, 6.45) is 0. The van der Waals surface area contributed by atoms with Crippen molar-refractivity contribution >= 4 is 6.03 Å². The minimum Gasteiger partial charge on any atom is -0.323 e. The lowest BCUT2D eigenvalue weighted by Gasteiger charge is -2.30. The van der Waals surface area contributed by atoms with Crippen LogP contribution in [0, 0.1) is 11.8 Å². The van der Waals surface area contributed by atoms with Crippen molar-refractivity contribution in [1.29, 1.82) is 0 Å². The van der Waals surface area contributed by atoms with Crippen LogP contribution in [0.5, 0.6) is 0 Å². The minimum absolute atomic E-state index is 0.223. The predicted octanol–water partition coefficient (Wildman–Crippen LogP) is 0.189. The summed E-state index contributed by atoms with van der Waals surface area (Å²) >= 11 is 0. The third-order valence-electron chi connectivity index (χ3n) is 3.71. The van der Waals surface area contributed by atoms with E-state index in [9.17, 15) is 4.79 Å². The first-order valence-electron chi connectivity index (χ1n) is 7.12. The first-order chi connectivity index (χ1) is 8.66. The maximum absolute atomic E-state index is 12.5. The molecule has 2 aliphatic rings. The molecule has 0 bridgehead atoms. The number of nitrogens with zero attached hydrogens (tertiary/aromatic N) is 2. The monoisotopic (exact) mass is 254 g/mol. The fraction of sp³-hybridized carbons (Fsp3) is 0.923. The number of amides is 2. The Morgan fingerprint density at radius 3 is 1.83 bits per heavy atom. The molecule has 5 heteroatoms. The SMILES string of the molecule is CC1CNCCN(C(=O)N2CCNCC(C)C2)C1. The molecule has 2 unspecified atom stereocenters. The molecule has 2 N–H and O–H groups in total. The Morgan fingerprint density at radius 1 is 0.944 bits per heavy atom. The molecule has 0 saturated carbocycles. The zero-order chi connectivity index (χ0) is 13.0.